The molecule has 4 nitrogen and oxygen atoms in total. The average molecular weight is 424 g/mol. The number of benzene rings is 2. The van der Waals surface area contributed by atoms with E-state index in [4.69, 9.17) is 23.2 Å². The molecule has 0 unspecified atom stereocenters. The van der Waals surface area contributed by atoms with Gasteiger partial charge in [-0.3, -0.25) is 4.79 Å². The first-order chi connectivity index (χ1) is 13.8. The van der Waals surface area contributed by atoms with Crippen LogP contribution in [0, 0.1) is 32.1 Å². The quantitative estimate of drug-likeness (QED) is 0.397. The van der Waals surface area contributed by atoms with E-state index in [1.54, 1.807) is 24.3 Å². The number of nitriles is 1. The normalized spacial score (nSPS) is 11.2. The van der Waals surface area contributed by atoms with Gasteiger partial charge in [0.05, 0.1) is 0 Å². The van der Waals surface area contributed by atoms with Gasteiger partial charge in [-0.15, -0.1) is 0 Å². The number of nitrogens with zero attached hydrogens (tertiary/aromatic N) is 2. The summed E-state index contributed by atoms with van der Waals surface area (Å²) < 4.78 is 2.05. The summed E-state index contributed by atoms with van der Waals surface area (Å²) >= 11 is 12.1. The molecule has 3 aromatic rings. The molecule has 29 heavy (non-hydrogen) atoms. The molecular formula is C23H19Cl2N3O. The summed E-state index contributed by atoms with van der Waals surface area (Å²) in [5, 5.41) is 13.5. The van der Waals surface area contributed by atoms with Crippen molar-refractivity contribution in [1.82, 2.24) is 4.57 Å². The molecule has 0 saturated carbocycles. The van der Waals surface area contributed by atoms with Crippen molar-refractivity contribution >= 4 is 40.9 Å². The van der Waals surface area contributed by atoms with Crippen molar-refractivity contribution in [3.05, 3.63) is 86.7 Å². The van der Waals surface area contributed by atoms with Crippen molar-refractivity contribution in [3.8, 4) is 11.8 Å². The van der Waals surface area contributed by atoms with E-state index in [9.17, 15) is 10.1 Å². The molecule has 6 heteroatoms. The van der Waals surface area contributed by atoms with Gasteiger partial charge in [0.1, 0.15) is 11.6 Å². The van der Waals surface area contributed by atoms with Gasteiger partial charge in [0.25, 0.3) is 5.91 Å². The van der Waals surface area contributed by atoms with Crippen LogP contribution in [0.25, 0.3) is 11.8 Å². The number of carbonyl (C=O) groups excluding carboxylic acids is 1. The Bertz CT molecular complexity index is 1150. The van der Waals surface area contributed by atoms with Gasteiger partial charge in [-0.2, -0.15) is 5.26 Å². The lowest BCUT2D eigenvalue weighted by molar-refractivity contribution is -0.112. The van der Waals surface area contributed by atoms with Gasteiger partial charge in [0.2, 0.25) is 0 Å². The summed E-state index contributed by atoms with van der Waals surface area (Å²) in [7, 11) is 0. The van der Waals surface area contributed by atoms with Crippen molar-refractivity contribution < 1.29 is 4.79 Å². The van der Waals surface area contributed by atoms with Crippen LogP contribution >= 0.6 is 23.2 Å². The van der Waals surface area contributed by atoms with Crippen LogP contribution in [0.1, 0.15) is 22.5 Å². The van der Waals surface area contributed by atoms with Crippen LogP contribution in [0.15, 0.2) is 54.1 Å². The molecule has 0 fully saturated rings. The second-order valence-corrected chi connectivity index (χ2v) is 7.52. The molecule has 2 aromatic carbocycles. The maximum absolute atomic E-state index is 12.7. The predicted octanol–water partition coefficient (Wildman–Crippen LogP) is 6.26. The van der Waals surface area contributed by atoms with Crippen LogP contribution < -0.4 is 5.32 Å². The maximum Gasteiger partial charge on any atom is 0.266 e. The first kappa shape index (κ1) is 20.7. The Morgan fingerprint density at radius 2 is 1.79 bits per heavy atom. The lowest BCUT2D eigenvalue weighted by Gasteiger charge is -2.10. The van der Waals surface area contributed by atoms with Gasteiger partial charge in [-0.05, 0) is 80.4 Å². The number of halogens is 2. The van der Waals surface area contributed by atoms with Crippen LogP contribution in [-0.4, -0.2) is 10.5 Å². The van der Waals surface area contributed by atoms with Crippen molar-refractivity contribution in [1.29, 1.82) is 5.26 Å². The molecule has 1 heterocycles. The minimum Gasteiger partial charge on any atom is -0.321 e. The van der Waals surface area contributed by atoms with Crippen LogP contribution in [0.4, 0.5) is 5.69 Å². The number of rotatable bonds is 4. The first-order valence-corrected chi connectivity index (χ1v) is 9.70. The minimum atomic E-state index is -0.478. The summed E-state index contributed by atoms with van der Waals surface area (Å²) in [4.78, 5) is 12.7. The van der Waals surface area contributed by atoms with E-state index < -0.39 is 5.91 Å². The Balaban J connectivity index is 1.94. The fourth-order valence-electron chi connectivity index (χ4n) is 3.16. The van der Waals surface area contributed by atoms with Gasteiger partial charge >= 0.3 is 0 Å². The van der Waals surface area contributed by atoms with E-state index in [0.717, 1.165) is 28.2 Å². The zero-order chi connectivity index (χ0) is 21.1. The van der Waals surface area contributed by atoms with E-state index in [1.165, 1.54) is 0 Å². The topological polar surface area (TPSA) is 57.8 Å². The minimum absolute atomic E-state index is 0.0146. The average Bonchev–Trinajstić information content (AvgIpc) is 2.97. The molecule has 3 rings (SSSR count). The molecule has 0 radical (unpaired) electrons. The monoisotopic (exact) mass is 423 g/mol. The molecule has 0 aliphatic rings. The van der Waals surface area contributed by atoms with E-state index >= 15 is 0 Å². The number of hydrogen-bond donors (Lipinski definition) is 1. The molecule has 1 N–H and O–H groups in total. The first-order valence-electron chi connectivity index (χ1n) is 8.95. The molecule has 0 aliphatic carbocycles. The molecule has 146 valence electrons. The summed E-state index contributed by atoms with van der Waals surface area (Å²) in [5.74, 6) is -0.478. The molecule has 0 atom stereocenters. The third-order valence-corrected chi connectivity index (χ3v) is 5.40. The highest BCUT2D eigenvalue weighted by molar-refractivity contribution is 6.32. The van der Waals surface area contributed by atoms with E-state index in [0.29, 0.717) is 15.7 Å². The Morgan fingerprint density at radius 1 is 1.10 bits per heavy atom. The van der Waals surface area contributed by atoms with Crippen LogP contribution in [-0.2, 0) is 4.79 Å². The Morgan fingerprint density at radius 3 is 2.45 bits per heavy atom. The highest BCUT2D eigenvalue weighted by Crippen LogP contribution is 2.26. The highest BCUT2D eigenvalue weighted by Gasteiger charge is 2.15. The number of nitrogens with one attached hydrogen (secondary N) is 1. The number of hydrogen-bond acceptors (Lipinski definition) is 2. The molecule has 0 saturated heterocycles. The molecule has 0 bridgehead atoms. The number of carbonyl (C=O) groups is 1. The number of aryl methyl sites for hydroxylation is 1. The second-order valence-electron chi connectivity index (χ2n) is 6.67. The van der Waals surface area contributed by atoms with Crippen molar-refractivity contribution in [2.75, 3.05) is 5.32 Å². The van der Waals surface area contributed by atoms with E-state index in [-0.39, 0.29) is 5.57 Å². The predicted molar refractivity (Wildman–Crippen MR) is 119 cm³/mol. The highest BCUT2D eigenvalue weighted by atomic mass is 35.5. The van der Waals surface area contributed by atoms with Crippen LogP contribution in [0.5, 0.6) is 0 Å². The van der Waals surface area contributed by atoms with Crippen LogP contribution in [0.2, 0.25) is 10.0 Å². The molecule has 1 amide bonds. The third-order valence-electron chi connectivity index (χ3n) is 4.74. The SMILES string of the molecule is Cc1c(Cl)cccc1NC(=O)/C(C#N)=C/c1cc(C)n(-c2ccc(Cl)cc2)c1C. The number of anilines is 1. The molecule has 1 aromatic heterocycles. The maximum atomic E-state index is 12.7. The van der Waals surface area contributed by atoms with E-state index in [1.807, 2.05) is 57.2 Å². The molecule has 0 aliphatic heterocycles. The van der Waals surface area contributed by atoms with Gasteiger partial charge < -0.3 is 9.88 Å². The standard InChI is InChI=1S/C23H19Cl2N3O/c1-14-11-17(16(3)28(14)20-9-7-19(24)8-10-20)12-18(13-26)23(29)27-22-6-4-5-21(25)15(22)2/h4-12H,1-3H3,(H,27,29)/b18-12+. The number of amides is 1. The lowest BCUT2D eigenvalue weighted by Crippen LogP contribution is -2.14. The zero-order valence-corrected chi connectivity index (χ0v) is 17.8. The Labute approximate surface area is 180 Å². The molecular weight excluding hydrogens is 405 g/mol. The van der Waals surface area contributed by atoms with E-state index in [2.05, 4.69) is 9.88 Å². The number of aromatic nitrogens is 1. The van der Waals surface area contributed by atoms with Gasteiger partial charge in [0.15, 0.2) is 0 Å². The Hall–Kier alpha value is -3.00. The fourth-order valence-corrected chi connectivity index (χ4v) is 3.46. The van der Waals surface area contributed by atoms with Gasteiger partial charge in [-0.1, -0.05) is 29.3 Å². The summed E-state index contributed by atoms with van der Waals surface area (Å²) in [6.07, 6.45) is 1.60. The summed E-state index contributed by atoms with van der Waals surface area (Å²) in [6, 6.07) is 16.7. The lowest BCUT2D eigenvalue weighted by atomic mass is 10.1. The van der Waals surface area contributed by atoms with Crippen molar-refractivity contribution in [2.24, 2.45) is 0 Å². The fraction of sp³-hybridized carbons (Fsp3) is 0.130. The summed E-state index contributed by atoms with van der Waals surface area (Å²) in [5.41, 5.74) is 5.01. The second kappa shape index (κ2) is 8.57. The van der Waals surface area contributed by atoms with Gasteiger partial charge in [0, 0.05) is 32.8 Å². The van der Waals surface area contributed by atoms with Crippen LogP contribution in [0.3, 0.4) is 0 Å². The third kappa shape index (κ3) is 4.37. The van der Waals surface area contributed by atoms with Crippen molar-refractivity contribution in [3.63, 3.8) is 0 Å². The Kier molecular flexibility index (Phi) is 6.12. The van der Waals surface area contributed by atoms with Gasteiger partial charge in [-0.25, -0.2) is 0 Å². The van der Waals surface area contributed by atoms with Crippen molar-refractivity contribution in [2.45, 2.75) is 20.8 Å². The zero-order valence-electron chi connectivity index (χ0n) is 16.3. The largest absolute Gasteiger partial charge is 0.321 e. The smallest absolute Gasteiger partial charge is 0.266 e. The summed E-state index contributed by atoms with van der Waals surface area (Å²) in [6.45, 7) is 5.73. The molecule has 0 spiro atoms.